The van der Waals surface area contributed by atoms with Gasteiger partial charge in [0.1, 0.15) is 30.2 Å². The molecule has 0 radical (unpaired) electrons. The molecule has 0 aromatic heterocycles. The molecule has 6 aliphatic rings. The van der Waals surface area contributed by atoms with Crippen molar-refractivity contribution < 1.29 is 34.8 Å². The largest absolute Gasteiger partial charge is 0.394 e. The van der Waals surface area contributed by atoms with Crippen molar-refractivity contribution >= 4 is 11.7 Å². The Kier molecular flexibility index (Phi) is 7.66. The monoisotopic (exact) mass is 615 g/mol. The molecule has 0 aromatic rings. The standard InChI is InChI=1S/C36H57NO7/c1-31(2)14-16-36(30(43)37-29-28(42)27(41)26(40)22(19-38)44-29)17-15-34(6)20(21(36)18-31)8-9-24-33(5)12-11-25(39)32(3,4)23(33)10-13-35(24,34)7/h8,21-24,26-29,38,40-42H,9-19H2,1-7H3,(H,37,43)/t21-,22-,23?,24+,26+,27+,28-,29-,33-,34+,35+,36-/m0/s1. The van der Waals surface area contributed by atoms with Gasteiger partial charge in [-0.25, -0.2) is 0 Å². The van der Waals surface area contributed by atoms with Crippen LogP contribution in [0.3, 0.4) is 0 Å². The fourth-order valence-electron chi connectivity index (χ4n) is 11.9. The Morgan fingerprint density at radius 2 is 1.59 bits per heavy atom. The van der Waals surface area contributed by atoms with E-state index in [1.165, 1.54) is 5.57 Å². The summed E-state index contributed by atoms with van der Waals surface area (Å²) in [6.45, 7) is 15.9. The zero-order valence-corrected chi connectivity index (χ0v) is 28.0. The number of allylic oxidation sites excluding steroid dienone is 2. The Morgan fingerprint density at radius 1 is 0.909 bits per heavy atom. The van der Waals surface area contributed by atoms with Gasteiger partial charge in [-0.3, -0.25) is 9.59 Å². The number of carbonyl (C=O) groups is 2. The molecule has 8 heteroatoms. The number of amides is 1. The summed E-state index contributed by atoms with van der Waals surface area (Å²) in [6, 6.07) is 0. The number of nitrogens with one attached hydrogen (secondary N) is 1. The van der Waals surface area contributed by atoms with Crippen LogP contribution in [0.1, 0.15) is 113 Å². The van der Waals surface area contributed by atoms with Gasteiger partial charge in [0.25, 0.3) is 0 Å². The molecule has 1 saturated heterocycles. The van der Waals surface area contributed by atoms with E-state index < -0.39 is 42.7 Å². The second-order valence-corrected chi connectivity index (χ2v) is 17.7. The normalized spacial score (nSPS) is 51.2. The van der Waals surface area contributed by atoms with Crippen LogP contribution in [0.15, 0.2) is 11.6 Å². The fraction of sp³-hybridized carbons (Fsp3) is 0.889. The molecule has 4 saturated carbocycles. The van der Waals surface area contributed by atoms with Gasteiger partial charge in [-0.2, -0.15) is 0 Å². The van der Waals surface area contributed by atoms with Crippen molar-refractivity contribution in [2.24, 2.45) is 50.2 Å². The molecule has 1 amide bonds. The summed E-state index contributed by atoms with van der Waals surface area (Å²) in [6.07, 6.45) is 4.64. The minimum atomic E-state index is -1.53. The van der Waals surface area contributed by atoms with Crippen LogP contribution in [0, 0.1) is 50.2 Å². The van der Waals surface area contributed by atoms with Crippen LogP contribution in [0.2, 0.25) is 0 Å². The van der Waals surface area contributed by atoms with E-state index in [0.29, 0.717) is 24.0 Å². The molecule has 5 fully saturated rings. The first-order valence-corrected chi connectivity index (χ1v) is 17.2. The van der Waals surface area contributed by atoms with E-state index in [1.807, 2.05) is 0 Å². The van der Waals surface area contributed by atoms with E-state index in [4.69, 9.17) is 4.74 Å². The van der Waals surface area contributed by atoms with Crippen molar-refractivity contribution in [1.29, 1.82) is 0 Å². The Labute approximate surface area is 263 Å². The predicted molar refractivity (Wildman–Crippen MR) is 166 cm³/mol. The SMILES string of the molecule is CC1(C)CC[C@]2(C(=O)N[C@H]3O[C@@H](CO)[C@@H](O)[C@@H](O)[C@@H]3O)CC[C@]3(C)C(=CC[C@@H]4[C@@]5(C)CCC(=O)C(C)(C)C5CC[C@]43C)[C@@H]2C1. The lowest BCUT2D eigenvalue weighted by Crippen LogP contribution is -2.67. The fourth-order valence-corrected chi connectivity index (χ4v) is 11.9. The van der Waals surface area contributed by atoms with Gasteiger partial charge in [0, 0.05) is 11.8 Å². The third-order valence-electron chi connectivity index (χ3n) is 15.0. The number of Topliss-reactive ketones (excluding diaryl/α,β-unsaturated/α-hetero) is 1. The summed E-state index contributed by atoms with van der Waals surface area (Å²) >= 11 is 0. The minimum absolute atomic E-state index is 0.0440. The summed E-state index contributed by atoms with van der Waals surface area (Å²) in [5.74, 6) is 1.15. The summed E-state index contributed by atoms with van der Waals surface area (Å²) in [5.41, 5.74) is 0.621. The van der Waals surface area contributed by atoms with Gasteiger partial charge in [0.05, 0.1) is 12.0 Å². The predicted octanol–water partition coefficient (Wildman–Crippen LogP) is 4.27. The van der Waals surface area contributed by atoms with Gasteiger partial charge in [0.2, 0.25) is 5.91 Å². The lowest BCUT2D eigenvalue weighted by Gasteiger charge is -2.70. The van der Waals surface area contributed by atoms with Crippen LogP contribution in [-0.4, -0.2) is 69.4 Å². The van der Waals surface area contributed by atoms with Crippen LogP contribution >= 0.6 is 0 Å². The number of ketones is 1. The van der Waals surface area contributed by atoms with Crippen molar-refractivity contribution in [3.05, 3.63) is 11.6 Å². The highest BCUT2D eigenvalue weighted by Gasteiger charge is 2.69. The number of hydrogen-bond acceptors (Lipinski definition) is 7. The van der Waals surface area contributed by atoms with E-state index in [2.05, 4.69) is 59.9 Å². The highest BCUT2D eigenvalue weighted by Crippen LogP contribution is 2.75. The second-order valence-electron chi connectivity index (χ2n) is 17.7. The molecule has 44 heavy (non-hydrogen) atoms. The van der Waals surface area contributed by atoms with E-state index in [1.54, 1.807) is 0 Å². The van der Waals surface area contributed by atoms with Gasteiger partial charge in [0.15, 0.2) is 6.23 Å². The molecule has 1 heterocycles. The van der Waals surface area contributed by atoms with Crippen molar-refractivity contribution in [2.75, 3.05) is 6.61 Å². The van der Waals surface area contributed by atoms with E-state index in [-0.39, 0.29) is 38.9 Å². The van der Waals surface area contributed by atoms with Crippen molar-refractivity contribution in [2.45, 2.75) is 143 Å². The quantitative estimate of drug-likeness (QED) is 0.299. The molecule has 0 spiro atoms. The van der Waals surface area contributed by atoms with Crippen LogP contribution in [0.25, 0.3) is 0 Å². The van der Waals surface area contributed by atoms with E-state index in [9.17, 15) is 30.0 Å². The van der Waals surface area contributed by atoms with Gasteiger partial charge in [-0.1, -0.05) is 60.1 Å². The molecule has 12 atom stereocenters. The molecular formula is C36H57NO7. The zero-order valence-electron chi connectivity index (χ0n) is 28.0. The molecule has 0 aromatic carbocycles. The summed E-state index contributed by atoms with van der Waals surface area (Å²) < 4.78 is 5.73. The van der Waals surface area contributed by atoms with Gasteiger partial charge < -0.3 is 30.5 Å². The maximum Gasteiger partial charge on any atom is 0.228 e. The molecule has 6 rings (SSSR count). The number of carbonyl (C=O) groups excluding carboxylic acids is 2. The summed E-state index contributed by atoms with van der Waals surface area (Å²) in [7, 11) is 0. The highest BCUT2D eigenvalue weighted by molar-refractivity contribution is 5.86. The van der Waals surface area contributed by atoms with Crippen LogP contribution in [-0.2, 0) is 14.3 Å². The van der Waals surface area contributed by atoms with E-state index >= 15 is 0 Å². The molecule has 5 aliphatic carbocycles. The third kappa shape index (κ3) is 4.33. The molecule has 248 valence electrons. The maximum absolute atomic E-state index is 14.5. The summed E-state index contributed by atoms with van der Waals surface area (Å²) in [5, 5.41) is 44.1. The molecular weight excluding hydrogens is 558 g/mol. The lowest BCUT2D eigenvalue weighted by atomic mass is 9.33. The molecule has 1 aliphatic heterocycles. The maximum atomic E-state index is 14.5. The average Bonchev–Trinajstić information content (AvgIpc) is 2.95. The third-order valence-corrected chi connectivity index (χ3v) is 15.0. The lowest BCUT2D eigenvalue weighted by molar-refractivity contribution is -0.238. The number of hydrogen-bond donors (Lipinski definition) is 5. The first-order valence-electron chi connectivity index (χ1n) is 17.2. The smallest absolute Gasteiger partial charge is 0.228 e. The molecule has 1 unspecified atom stereocenters. The number of fused-ring (bicyclic) bond motifs is 7. The first kappa shape index (κ1) is 32.6. The van der Waals surface area contributed by atoms with Crippen molar-refractivity contribution in [1.82, 2.24) is 5.32 Å². The van der Waals surface area contributed by atoms with Crippen molar-refractivity contribution in [3.8, 4) is 0 Å². The average molecular weight is 616 g/mol. The molecule has 8 nitrogen and oxygen atoms in total. The second kappa shape index (κ2) is 10.3. The molecule has 5 N–H and O–H groups in total. The van der Waals surface area contributed by atoms with Crippen LogP contribution in [0.4, 0.5) is 0 Å². The van der Waals surface area contributed by atoms with Crippen LogP contribution in [0.5, 0.6) is 0 Å². The zero-order chi connectivity index (χ0) is 32.3. The van der Waals surface area contributed by atoms with Gasteiger partial charge in [-0.05, 0) is 97.2 Å². The highest BCUT2D eigenvalue weighted by atomic mass is 16.6. The van der Waals surface area contributed by atoms with Gasteiger partial charge >= 0.3 is 0 Å². The number of ether oxygens (including phenoxy) is 1. The topological polar surface area (TPSA) is 136 Å². The van der Waals surface area contributed by atoms with Crippen molar-refractivity contribution in [3.63, 3.8) is 0 Å². The Balaban J connectivity index is 1.35. The first-order chi connectivity index (χ1) is 20.4. The number of aliphatic hydroxyl groups excluding tert-OH is 4. The minimum Gasteiger partial charge on any atom is -0.394 e. The number of aliphatic hydroxyl groups is 4. The van der Waals surface area contributed by atoms with E-state index in [0.717, 1.165) is 57.8 Å². The Morgan fingerprint density at radius 3 is 2.27 bits per heavy atom. The summed E-state index contributed by atoms with van der Waals surface area (Å²) in [4.78, 5) is 27.6. The Bertz CT molecular complexity index is 1230. The van der Waals surface area contributed by atoms with Crippen LogP contribution < -0.4 is 5.32 Å². The molecule has 0 bridgehead atoms. The Hall–Kier alpha value is -1.32. The number of rotatable bonds is 3. The van der Waals surface area contributed by atoms with Gasteiger partial charge in [-0.15, -0.1) is 0 Å².